The first-order chi connectivity index (χ1) is 8.09. The molecule has 0 fully saturated rings. The number of fused-ring (bicyclic) bond motifs is 1. The van der Waals surface area contributed by atoms with Crippen molar-refractivity contribution < 1.29 is 9.90 Å². The maximum absolute atomic E-state index is 10.5. The summed E-state index contributed by atoms with van der Waals surface area (Å²) < 4.78 is 0.853. The van der Waals surface area contributed by atoms with Gasteiger partial charge in [0.15, 0.2) is 0 Å². The average Bonchev–Trinajstić information content (AvgIpc) is 2.67. The largest absolute Gasteiger partial charge is 0.481 e. The second-order valence-electron chi connectivity index (χ2n) is 3.85. The van der Waals surface area contributed by atoms with E-state index in [2.05, 4.69) is 20.9 Å². The van der Waals surface area contributed by atoms with E-state index >= 15 is 0 Å². The van der Waals surface area contributed by atoms with Crippen molar-refractivity contribution in [3.05, 3.63) is 33.4 Å². The first-order valence-corrected chi connectivity index (χ1v) is 6.42. The van der Waals surface area contributed by atoms with E-state index in [4.69, 9.17) is 16.7 Å². The fourth-order valence-electron chi connectivity index (χ4n) is 1.85. The number of carbonyl (C=O) groups is 1. The molecule has 0 saturated carbocycles. The summed E-state index contributed by atoms with van der Waals surface area (Å²) in [4.78, 5) is 13.6. The maximum Gasteiger partial charge on any atom is 0.303 e. The van der Waals surface area contributed by atoms with Gasteiger partial charge in [0.25, 0.3) is 0 Å². The molecule has 0 saturated heterocycles. The highest BCUT2D eigenvalue weighted by Crippen LogP contribution is 2.33. The van der Waals surface area contributed by atoms with Gasteiger partial charge in [0.2, 0.25) is 0 Å². The molecule has 0 unspecified atom stereocenters. The maximum atomic E-state index is 10.5. The lowest BCUT2D eigenvalue weighted by molar-refractivity contribution is -0.137. The van der Waals surface area contributed by atoms with Crippen LogP contribution >= 0.6 is 27.5 Å². The monoisotopic (exact) mass is 315 g/mol. The molecule has 1 aromatic carbocycles. The van der Waals surface area contributed by atoms with Crippen LogP contribution in [0.4, 0.5) is 0 Å². The highest BCUT2D eigenvalue weighted by molar-refractivity contribution is 9.10. The number of H-pyrrole nitrogens is 1. The third-order valence-electron chi connectivity index (χ3n) is 2.65. The first-order valence-electron chi connectivity index (χ1n) is 5.25. The van der Waals surface area contributed by atoms with Crippen LogP contribution in [0.3, 0.4) is 0 Å². The zero-order valence-electron chi connectivity index (χ0n) is 8.96. The minimum atomic E-state index is -0.767. The van der Waals surface area contributed by atoms with E-state index in [1.807, 2.05) is 18.3 Å². The van der Waals surface area contributed by atoms with Gasteiger partial charge in [0.1, 0.15) is 0 Å². The van der Waals surface area contributed by atoms with Gasteiger partial charge in [-0.1, -0.05) is 11.6 Å². The summed E-state index contributed by atoms with van der Waals surface area (Å²) >= 11 is 9.62. The van der Waals surface area contributed by atoms with Crippen LogP contribution in [0, 0.1) is 0 Å². The lowest BCUT2D eigenvalue weighted by Gasteiger charge is -2.02. The zero-order chi connectivity index (χ0) is 12.4. The minimum absolute atomic E-state index is 0.179. The Morgan fingerprint density at radius 1 is 1.47 bits per heavy atom. The number of aliphatic carboxylic acids is 1. The predicted molar refractivity (Wildman–Crippen MR) is 71.6 cm³/mol. The Kier molecular flexibility index (Phi) is 3.74. The molecule has 0 amide bonds. The Balaban J connectivity index is 2.28. The number of halogens is 2. The molecule has 90 valence electrons. The molecule has 17 heavy (non-hydrogen) atoms. The summed E-state index contributed by atoms with van der Waals surface area (Å²) in [6, 6.07) is 3.84. The number of nitrogens with one attached hydrogen (secondary N) is 1. The Bertz CT molecular complexity index is 565. The van der Waals surface area contributed by atoms with Crippen molar-refractivity contribution >= 4 is 44.4 Å². The van der Waals surface area contributed by atoms with Gasteiger partial charge in [0, 0.05) is 28.0 Å². The Morgan fingerprint density at radius 3 is 2.94 bits per heavy atom. The number of aromatic amines is 1. The van der Waals surface area contributed by atoms with Gasteiger partial charge >= 0.3 is 5.97 Å². The summed E-state index contributed by atoms with van der Waals surface area (Å²) in [5.41, 5.74) is 2.04. The van der Waals surface area contributed by atoms with E-state index in [1.165, 1.54) is 0 Å². The summed E-state index contributed by atoms with van der Waals surface area (Å²) in [6.07, 6.45) is 3.40. The van der Waals surface area contributed by atoms with Crippen molar-refractivity contribution in [2.75, 3.05) is 0 Å². The fraction of sp³-hybridized carbons (Fsp3) is 0.250. The molecule has 0 aliphatic carbocycles. The molecule has 1 heterocycles. The topological polar surface area (TPSA) is 53.1 Å². The van der Waals surface area contributed by atoms with Crippen molar-refractivity contribution in [1.29, 1.82) is 0 Å². The number of hydrogen-bond donors (Lipinski definition) is 2. The van der Waals surface area contributed by atoms with Crippen LogP contribution in [0.15, 0.2) is 22.8 Å². The molecule has 2 N–H and O–H groups in total. The molecular weight excluding hydrogens is 305 g/mol. The molecule has 0 radical (unpaired) electrons. The summed E-state index contributed by atoms with van der Waals surface area (Å²) in [5.74, 6) is -0.767. The van der Waals surface area contributed by atoms with E-state index in [0.717, 1.165) is 20.9 Å². The molecule has 5 heteroatoms. The third kappa shape index (κ3) is 2.64. The van der Waals surface area contributed by atoms with Gasteiger partial charge in [-0.15, -0.1) is 0 Å². The van der Waals surface area contributed by atoms with Crippen molar-refractivity contribution in [2.45, 2.75) is 19.3 Å². The molecule has 0 atom stereocenters. The fourth-order valence-corrected chi connectivity index (χ4v) is 2.47. The molecule has 2 rings (SSSR count). The van der Waals surface area contributed by atoms with E-state index in [0.29, 0.717) is 17.9 Å². The van der Waals surface area contributed by atoms with E-state index in [-0.39, 0.29) is 6.42 Å². The number of carboxylic acids is 1. The number of aromatic nitrogens is 1. The highest BCUT2D eigenvalue weighted by Gasteiger charge is 2.10. The second kappa shape index (κ2) is 5.10. The lowest BCUT2D eigenvalue weighted by atomic mass is 10.1. The van der Waals surface area contributed by atoms with Crippen molar-refractivity contribution in [2.24, 2.45) is 0 Å². The van der Waals surface area contributed by atoms with Crippen LogP contribution in [-0.2, 0) is 11.2 Å². The Labute approximate surface area is 112 Å². The Hall–Kier alpha value is -1.000. The van der Waals surface area contributed by atoms with Gasteiger partial charge in [-0.25, -0.2) is 0 Å². The normalized spacial score (nSPS) is 10.9. The molecule has 0 bridgehead atoms. The van der Waals surface area contributed by atoms with E-state index < -0.39 is 5.97 Å². The zero-order valence-corrected chi connectivity index (χ0v) is 11.3. The van der Waals surface area contributed by atoms with Crippen LogP contribution in [0.2, 0.25) is 5.02 Å². The number of rotatable bonds is 4. The van der Waals surface area contributed by atoms with Gasteiger partial charge in [-0.05, 0) is 46.5 Å². The van der Waals surface area contributed by atoms with Gasteiger partial charge in [-0.3, -0.25) is 4.79 Å². The predicted octanol–water partition coefficient (Wildman–Crippen LogP) is 3.99. The summed E-state index contributed by atoms with van der Waals surface area (Å²) in [7, 11) is 0. The number of benzene rings is 1. The number of carboxylic acid groups (broad SMARTS) is 1. The van der Waals surface area contributed by atoms with Gasteiger partial charge in [0.05, 0.1) is 5.02 Å². The first kappa shape index (κ1) is 12.5. The third-order valence-corrected chi connectivity index (χ3v) is 3.94. The van der Waals surface area contributed by atoms with Gasteiger partial charge < -0.3 is 10.1 Å². The van der Waals surface area contributed by atoms with Gasteiger partial charge in [-0.2, -0.15) is 0 Å². The van der Waals surface area contributed by atoms with Crippen molar-refractivity contribution in [3.8, 4) is 0 Å². The molecule has 3 nitrogen and oxygen atoms in total. The minimum Gasteiger partial charge on any atom is -0.481 e. The van der Waals surface area contributed by atoms with Crippen LogP contribution in [0.5, 0.6) is 0 Å². The van der Waals surface area contributed by atoms with Crippen molar-refractivity contribution in [3.63, 3.8) is 0 Å². The van der Waals surface area contributed by atoms with Crippen LogP contribution in [0.1, 0.15) is 18.4 Å². The second-order valence-corrected chi connectivity index (χ2v) is 5.08. The van der Waals surface area contributed by atoms with Crippen LogP contribution in [-0.4, -0.2) is 16.1 Å². The average molecular weight is 317 g/mol. The SMILES string of the molecule is O=C(O)CCCc1c[nH]c2ccc(Br)c(Cl)c12. The molecule has 1 aromatic heterocycles. The molecule has 0 aliphatic rings. The quantitative estimate of drug-likeness (QED) is 0.896. The molecule has 0 aliphatic heterocycles. The summed E-state index contributed by atoms with van der Waals surface area (Å²) in [6.45, 7) is 0. The number of aryl methyl sites for hydroxylation is 1. The standard InChI is InChI=1S/C12H11BrClNO2/c13-8-4-5-9-11(12(8)14)7(6-15-9)2-1-3-10(16)17/h4-6,15H,1-3H2,(H,16,17). The van der Waals surface area contributed by atoms with E-state index in [1.54, 1.807) is 0 Å². The highest BCUT2D eigenvalue weighted by atomic mass is 79.9. The summed E-state index contributed by atoms with van der Waals surface area (Å²) in [5, 5.41) is 10.3. The lowest BCUT2D eigenvalue weighted by Crippen LogP contribution is -1.95. The Morgan fingerprint density at radius 2 is 2.24 bits per heavy atom. The van der Waals surface area contributed by atoms with Crippen molar-refractivity contribution in [1.82, 2.24) is 4.98 Å². The van der Waals surface area contributed by atoms with Crippen LogP contribution < -0.4 is 0 Å². The van der Waals surface area contributed by atoms with E-state index in [9.17, 15) is 4.79 Å². The van der Waals surface area contributed by atoms with Crippen LogP contribution in [0.25, 0.3) is 10.9 Å². The molecular formula is C12H11BrClNO2. The smallest absolute Gasteiger partial charge is 0.303 e. The number of hydrogen-bond acceptors (Lipinski definition) is 1. The molecule has 0 spiro atoms. The molecule has 2 aromatic rings.